The normalized spacial score (nSPS) is 34.4. The summed E-state index contributed by atoms with van der Waals surface area (Å²) in [5, 5.41) is 0. The Balaban J connectivity index is 2.00. The highest BCUT2D eigenvalue weighted by atomic mass is 16.1. The second-order valence-electron chi connectivity index (χ2n) is 6.00. The zero-order valence-electron chi connectivity index (χ0n) is 10.7. The Morgan fingerprint density at radius 1 is 1.31 bits per heavy atom. The van der Waals surface area contributed by atoms with Crippen molar-refractivity contribution in [2.75, 3.05) is 13.1 Å². The van der Waals surface area contributed by atoms with Crippen LogP contribution in [0.25, 0.3) is 0 Å². The largest absolute Gasteiger partial charge is 0.303 e. The number of aldehydes is 1. The van der Waals surface area contributed by atoms with E-state index in [1.54, 1.807) is 0 Å². The molecule has 1 aliphatic carbocycles. The molecule has 0 bridgehead atoms. The average molecular weight is 223 g/mol. The fourth-order valence-electron chi connectivity index (χ4n) is 3.45. The number of rotatable bonds is 4. The summed E-state index contributed by atoms with van der Waals surface area (Å²) in [6, 6.07) is 0.791. The number of carbonyl (C=O) groups excluding carboxylic acids is 1. The zero-order valence-corrected chi connectivity index (χ0v) is 10.7. The predicted octanol–water partition coefficient (Wildman–Crippen LogP) is 2.87. The summed E-state index contributed by atoms with van der Waals surface area (Å²) < 4.78 is 0. The molecule has 2 rings (SSSR count). The van der Waals surface area contributed by atoms with E-state index in [2.05, 4.69) is 18.7 Å². The summed E-state index contributed by atoms with van der Waals surface area (Å²) in [5.74, 6) is 0.932. The molecule has 0 spiro atoms. The highest BCUT2D eigenvalue weighted by Crippen LogP contribution is 2.38. The van der Waals surface area contributed by atoms with Gasteiger partial charge in [-0.25, -0.2) is 0 Å². The molecule has 0 aromatic rings. The van der Waals surface area contributed by atoms with Gasteiger partial charge < -0.3 is 4.79 Å². The summed E-state index contributed by atoms with van der Waals surface area (Å²) in [6.07, 6.45) is 9.07. The third kappa shape index (κ3) is 2.32. The topological polar surface area (TPSA) is 20.3 Å². The molecule has 0 amide bonds. The highest BCUT2D eigenvalue weighted by Gasteiger charge is 2.37. The van der Waals surface area contributed by atoms with Crippen molar-refractivity contribution < 1.29 is 4.79 Å². The fraction of sp³-hybridized carbons (Fsp3) is 0.929. The van der Waals surface area contributed by atoms with Gasteiger partial charge in [-0.2, -0.15) is 0 Å². The quantitative estimate of drug-likeness (QED) is 0.683. The number of hydrogen-bond acceptors (Lipinski definition) is 2. The lowest BCUT2D eigenvalue weighted by Gasteiger charge is -2.41. The first-order valence-electron chi connectivity index (χ1n) is 6.89. The molecule has 2 nitrogen and oxygen atoms in total. The van der Waals surface area contributed by atoms with Crippen LogP contribution in [0.2, 0.25) is 0 Å². The minimum absolute atomic E-state index is 0.121. The van der Waals surface area contributed by atoms with Crippen LogP contribution in [0.5, 0.6) is 0 Å². The van der Waals surface area contributed by atoms with Crippen LogP contribution < -0.4 is 0 Å². The first kappa shape index (κ1) is 12.1. The van der Waals surface area contributed by atoms with Crippen molar-refractivity contribution in [2.45, 2.75) is 58.4 Å². The van der Waals surface area contributed by atoms with E-state index in [0.717, 1.165) is 24.9 Å². The van der Waals surface area contributed by atoms with Crippen molar-refractivity contribution in [3.8, 4) is 0 Å². The maximum Gasteiger partial charge on any atom is 0.127 e. The molecule has 2 aliphatic rings. The molecular weight excluding hydrogens is 198 g/mol. The summed E-state index contributed by atoms with van der Waals surface area (Å²) in [7, 11) is 0. The van der Waals surface area contributed by atoms with Gasteiger partial charge in [0.25, 0.3) is 0 Å². The molecule has 0 aromatic heterocycles. The van der Waals surface area contributed by atoms with E-state index in [1.165, 1.54) is 44.9 Å². The summed E-state index contributed by atoms with van der Waals surface area (Å²) in [5.41, 5.74) is -0.121. The molecule has 2 fully saturated rings. The van der Waals surface area contributed by atoms with Gasteiger partial charge in [0.15, 0.2) is 0 Å². The van der Waals surface area contributed by atoms with Gasteiger partial charge >= 0.3 is 0 Å². The Hall–Kier alpha value is -0.370. The van der Waals surface area contributed by atoms with E-state index in [9.17, 15) is 4.79 Å². The van der Waals surface area contributed by atoms with Crippen molar-refractivity contribution in [2.24, 2.45) is 11.3 Å². The van der Waals surface area contributed by atoms with Gasteiger partial charge in [-0.3, -0.25) is 4.90 Å². The van der Waals surface area contributed by atoms with E-state index in [4.69, 9.17) is 0 Å². The van der Waals surface area contributed by atoms with Crippen molar-refractivity contribution in [1.82, 2.24) is 4.90 Å². The van der Waals surface area contributed by atoms with Gasteiger partial charge in [0.2, 0.25) is 0 Å². The van der Waals surface area contributed by atoms with Crippen LogP contribution in [0.15, 0.2) is 0 Å². The second-order valence-corrected chi connectivity index (χ2v) is 6.00. The van der Waals surface area contributed by atoms with Crippen molar-refractivity contribution >= 4 is 6.29 Å². The van der Waals surface area contributed by atoms with Gasteiger partial charge in [0, 0.05) is 18.0 Å². The van der Waals surface area contributed by atoms with Crippen molar-refractivity contribution in [3.63, 3.8) is 0 Å². The van der Waals surface area contributed by atoms with Gasteiger partial charge in [-0.05, 0) is 44.6 Å². The minimum Gasteiger partial charge on any atom is -0.303 e. The van der Waals surface area contributed by atoms with Gasteiger partial charge in [0.05, 0.1) is 0 Å². The molecule has 0 N–H and O–H groups in total. The average Bonchev–Trinajstić information content (AvgIpc) is 2.78. The standard InChI is InChI=1S/C14H25NO/c1-3-14(2,11-16)10-15-9-5-7-12-6-4-8-13(12)15/h11-13H,3-10H2,1-2H3. The van der Waals surface area contributed by atoms with Crippen LogP contribution in [0, 0.1) is 11.3 Å². The Bertz CT molecular complexity index is 253. The molecule has 92 valence electrons. The number of hydrogen-bond donors (Lipinski definition) is 0. The lowest BCUT2D eigenvalue weighted by Crippen LogP contribution is -2.47. The molecule has 3 unspecified atom stereocenters. The van der Waals surface area contributed by atoms with E-state index in [0.29, 0.717) is 0 Å². The predicted molar refractivity (Wildman–Crippen MR) is 66.4 cm³/mol. The summed E-state index contributed by atoms with van der Waals surface area (Å²) in [6.45, 7) is 6.43. The number of piperidine rings is 1. The van der Waals surface area contributed by atoms with Crippen molar-refractivity contribution in [1.29, 1.82) is 0 Å². The molecule has 0 radical (unpaired) electrons. The lowest BCUT2D eigenvalue weighted by molar-refractivity contribution is -0.117. The van der Waals surface area contributed by atoms with E-state index >= 15 is 0 Å². The number of carbonyl (C=O) groups is 1. The van der Waals surface area contributed by atoms with Crippen LogP contribution in [0.3, 0.4) is 0 Å². The molecule has 2 heteroatoms. The number of nitrogens with zero attached hydrogens (tertiary/aromatic N) is 1. The Morgan fingerprint density at radius 2 is 2.06 bits per heavy atom. The summed E-state index contributed by atoms with van der Waals surface area (Å²) >= 11 is 0. The maximum atomic E-state index is 11.2. The van der Waals surface area contributed by atoms with Crippen LogP contribution in [0.1, 0.15) is 52.4 Å². The zero-order chi connectivity index (χ0) is 11.6. The first-order chi connectivity index (χ1) is 7.68. The van der Waals surface area contributed by atoms with Gasteiger partial charge in [0.1, 0.15) is 6.29 Å². The monoisotopic (exact) mass is 223 g/mol. The molecule has 1 saturated heterocycles. The Morgan fingerprint density at radius 3 is 2.75 bits per heavy atom. The number of likely N-dealkylation sites (tertiary alicyclic amines) is 1. The maximum absolute atomic E-state index is 11.2. The first-order valence-corrected chi connectivity index (χ1v) is 6.89. The number of fused-ring (bicyclic) bond motifs is 1. The van der Waals surface area contributed by atoms with E-state index in [-0.39, 0.29) is 5.41 Å². The van der Waals surface area contributed by atoms with E-state index in [1.807, 2.05) is 0 Å². The molecule has 0 aromatic carbocycles. The molecule has 1 saturated carbocycles. The second kappa shape index (κ2) is 4.87. The van der Waals surface area contributed by atoms with E-state index < -0.39 is 0 Å². The smallest absolute Gasteiger partial charge is 0.127 e. The highest BCUT2D eigenvalue weighted by molar-refractivity contribution is 5.58. The molecule has 16 heavy (non-hydrogen) atoms. The van der Waals surface area contributed by atoms with Crippen molar-refractivity contribution in [3.05, 3.63) is 0 Å². The summed E-state index contributed by atoms with van der Waals surface area (Å²) in [4.78, 5) is 13.8. The molecular formula is C14H25NO. The molecule has 1 heterocycles. The van der Waals surface area contributed by atoms with Gasteiger partial charge in [-0.15, -0.1) is 0 Å². The third-order valence-corrected chi connectivity index (χ3v) is 4.76. The molecule has 3 atom stereocenters. The Labute approximate surface area is 99.4 Å². The van der Waals surface area contributed by atoms with Gasteiger partial charge in [-0.1, -0.05) is 20.3 Å². The SMILES string of the molecule is CCC(C)(C=O)CN1CCCC2CCCC21. The fourth-order valence-corrected chi connectivity index (χ4v) is 3.45. The van der Waals surface area contributed by atoms with Crippen LogP contribution in [-0.4, -0.2) is 30.3 Å². The third-order valence-electron chi connectivity index (χ3n) is 4.76. The molecule has 1 aliphatic heterocycles. The van der Waals surface area contributed by atoms with Crippen LogP contribution in [0.4, 0.5) is 0 Å². The van der Waals surface area contributed by atoms with Crippen LogP contribution >= 0.6 is 0 Å². The van der Waals surface area contributed by atoms with Crippen LogP contribution in [-0.2, 0) is 4.79 Å². The minimum atomic E-state index is -0.121. The Kier molecular flexibility index (Phi) is 3.68. The lowest BCUT2D eigenvalue weighted by atomic mass is 9.85.